The van der Waals surface area contributed by atoms with Crippen molar-refractivity contribution in [2.24, 2.45) is 0 Å². The molecule has 7 nitrogen and oxygen atoms in total. The number of nitrogens with zero attached hydrogens (tertiary/aromatic N) is 1. The number of rotatable bonds is 5. The summed E-state index contributed by atoms with van der Waals surface area (Å²) >= 11 is 0. The highest BCUT2D eigenvalue weighted by Crippen LogP contribution is 2.52. The number of anilines is 1. The van der Waals surface area contributed by atoms with Gasteiger partial charge in [0.25, 0.3) is 15.9 Å². The van der Waals surface area contributed by atoms with Gasteiger partial charge < -0.3 is 10.2 Å². The zero-order valence-electron chi connectivity index (χ0n) is 19.4. The van der Waals surface area contributed by atoms with E-state index in [4.69, 9.17) is 0 Å². The van der Waals surface area contributed by atoms with Crippen molar-refractivity contribution in [3.8, 4) is 0 Å². The molecule has 2 aromatic rings. The molecule has 0 bridgehead atoms. The minimum absolute atomic E-state index is 0.0159. The van der Waals surface area contributed by atoms with Gasteiger partial charge in [-0.25, -0.2) is 17.2 Å². The fraction of sp³-hybridized carbons (Fsp3) is 0.440. The van der Waals surface area contributed by atoms with E-state index in [-0.39, 0.29) is 35.4 Å². The number of nitrogens with one attached hydrogen (secondary N) is 2. The lowest BCUT2D eigenvalue weighted by Gasteiger charge is -2.38. The van der Waals surface area contributed by atoms with E-state index >= 15 is 0 Å². The zero-order valence-corrected chi connectivity index (χ0v) is 20.2. The highest BCUT2D eigenvalue weighted by atomic mass is 32.2. The van der Waals surface area contributed by atoms with Gasteiger partial charge in [-0.2, -0.15) is 0 Å². The molecule has 1 saturated heterocycles. The Labute approximate surface area is 202 Å². The highest BCUT2D eigenvalue weighted by Gasteiger charge is 2.51. The second-order valence-corrected chi connectivity index (χ2v) is 11.5. The Balaban J connectivity index is 1.51. The molecular weight excluding hydrogens is 476 g/mol. The number of sulfonamides is 1. The quantitative estimate of drug-likeness (QED) is 0.654. The number of piperidine rings is 1. The van der Waals surface area contributed by atoms with Crippen LogP contribution in [0.4, 0.5) is 14.5 Å². The van der Waals surface area contributed by atoms with Crippen molar-refractivity contribution in [1.29, 1.82) is 0 Å². The molecule has 2 fully saturated rings. The first-order chi connectivity index (χ1) is 16.6. The summed E-state index contributed by atoms with van der Waals surface area (Å²) in [6.07, 6.45) is 3.90. The minimum Gasteiger partial charge on any atom is -0.349 e. The van der Waals surface area contributed by atoms with Crippen molar-refractivity contribution >= 4 is 27.4 Å². The topological polar surface area (TPSA) is 95.6 Å². The number of benzene rings is 2. The first-order valence-electron chi connectivity index (χ1n) is 11.8. The van der Waals surface area contributed by atoms with Gasteiger partial charge in [-0.1, -0.05) is 6.42 Å². The summed E-state index contributed by atoms with van der Waals surface area (Å²) in [6, 6.07) is 5.20. The van der Waals surface area contributed by atoms with Crippen molar-refractivity contribution in [2.75, 3.05) is 24.9 Å². The number of ketones is 1. The Morgan fingerprint density at radius 3 is 2.46 bits per heavy atom. The molecule has 2 aliphatic carbocycles. The Kier molecular flexibility index (Phi) is 5.91. The minimum atomic E-state index is -4.41. The smallest absolute Gasteiger partial charge is 0.264 e. The van der Waals surface area contributed by atoms with Crippen LogP contribution in [-0.2, 0) is 26.7 Å². The third-order valence-electron chi connectivity index (χ3n) is 7.58. The molecule has 10 heteroatoms. The predicted molar refractivity (Wildman–Crippen MR) is 126 cm³/mol. The lowest BCUT2D eigenvalue weighted by Crippen LogP contribution is -2.43. The highest BCUT2D eigenvalue weighted by molar-refractivity contribution is 7.92. The molecule has 0 unspecified atom stereocenters. The zero-order chi connectivity index (χ0) is 25.0. The second kappa shape index (κ2) is 8.67. The van der Waals surface area contributed by atoms with E-state index in [1.807, 2.05) is 7.05 Å². The van der Waals surface area contributed by atoms with Crippen LogP contribution < -0.4 is 10.0 Å². The predicted octanol–water partition coefficient (Wildman–Crippen LogP) is 3.14. The van der Waals surface area contributed by atoms with Crippen LogP contribution in [0.15, 0.2) is 35.2 Å². The maximum absolute atomic E-state index is 14.2. The number of Topliss-reactive ketones (excluding diaryl/α,β-unsaturated/α-hetero) is 1. The number of carbonyl (C=O) groups is 2. The van der Waals surface area contributed by atoms with Crippen LogP contribution in [0.2, 0.25) is 0 Å². The average molecular weight is 504 g/mol. The van der Waals surface area contributed by atoms with Crippen molar-refractivity contribution < 1.29 is 26.8 Å². The molecule has 1 amide bonds. The second-order valence-electron chi connectivity index (χ2n) is 9.82. The Morgan fingerprint density at radius 1 is 1.11 bits per heavy atom. The van der Waals surface area contributed by atoms with Crippen molar-refractivity contribution in [3.63, 3.8) is 0 Å². The Morgan fingerprint density at radius 2 is 1.83 bits per heavy atom. The van der Waals surface area contributed by atoms with E-state index < -0.39 is 32.0 Å². The lowest BCUT2D eigenvalue weighted by atomic mass is 9.64. The summed E-state index contributed by atoms with van der Waals surface area (Å²) in [5, 5.41) is 3.04. The fourth-order valence-electron chi connectivity index (χ4n) is 5.43. The van der Waals surface area contributed by atoms with Crippen LogP contribution >= 0.6 is 0 Å². The molecule has 1 aliphatic heterocycles. The molecule has 0 atom stereocenters. The summed E-state index contributed by atoms with van der Waals surface area (Å²) in [4.78, 5) is 27.8. The SMILES string of the molecule is CN1CCC(NC(=O)c2cc(NS(=O)(=O)c3ccc(F)cc3F)cc3c2CC(=O)C32CCC2)CC1. The number of hydrogen-bond acceptors (Lipinski definition) is 5. The van der Waals surface area contributed by atoms with E-state index in [0.717, 1.165) is 44.5 Å². The summed E-state index contributed by atoms with van der Waals surface area (Å²) < 4.78 is 55.7. The summed E-state index contributed by atoms with van der Waals surface area (Å²) in [6.45, 7) is 1.71. The van der Waals surface area contributed by atoms with Gasteiger partial charge in [0.2, 0.25) is 0 Å². The number of amides is 1. The van der Waals surface area contributed by atoms with Crippen LogP contribution in [0, 0.1) is 11.6 Å². The van der Waals surface area contributed by atoms with Gasteiger partial charge in [0, 0.05) is 29.8 Å². The van der Waals surface area contributed by atoms with Crippen LogP contribution in [0.1, 0.15) is 53.6 Å². The summed E-state index contributed by atoms with van der Waals surface area (Å²) in [5.41, 5.74) is 0.941. The molecule has 1 spiro atoms. The Bertz CT molecular complexity index is 1320. The van der Waals surface area contributed by atoms with E-state index in [0.29, 0.717) is 30.0 Å². The molecule has 0 aromatic heterocycles. The standard InChI is InChI=1S/C25H27F2N3O4S/c1-30-9-5-16(6-10-30)28-24(32)19-12-17(13-20-18(19)14-23(31)25(20)7-2-8-25)29-35(33,34)22-4-3-15(26)11-21(22)27/h3-4,11-13,16,29H,2,5-10,14H2,1H3,(H,28,32). The van der Waals surface area contributed by atoms with Crippen molar-refractivity contribution in [1.82, 2.24) is 10.2 Å². The van der Waals surface area contributed by atoms with E-state index in [1.165, 1.54) is 6.07 Å². The normalized spacial score (nSPS) is 19.9. The van der Waals surface area contributed by atoms with Gasteiger partial charge in [-0.15, -0.1) is 0 Å². The molecule has 186 valence electrons. The third kappa shape index (κ3) is 4.23. The monoisotopic (exact) mass is 503 g/mol. The lowest BCUT2D eigenvalue weighted by molar-refractivity contribution is -0.125. The van der Waals surface area contributed by atoms with Crippen LogP contribution in [0.3, 0.4) is 0 Å². The van der Waals surface area contributed by atoms with Gasteiger partial charge in [-0.3, -0.25) is 14.3 Å². The maximum Gasteiger partial charge on any atom is 0.264 e. The van der Waals surface area contributed by atoms with Crippen molar-refractivity contribution in [2.45, 2.75) is 54.9 Å². The Hall–Kier alpha value is -2.85. The van der Waals surface area contributed by atoms with E-state index in [1.54, 1.807) is 6.07 Å². The first-order valence-corrected chi connectivity index (χ1v) is 13.3. The van der Waals surface area contributed by atoms with Gasteiger partial charge in [-0.05, 0) is 81.2 Å². The summed E-state index contributed by atoms with van der Waals surface area (Å²) in [7, 11) is -2.39. The third-order valence-corrected chi connectivity index (χ3v) is 8.99. The summed E-state index contributed by atoms with van der Waals surface area (Å²) in [5.74, 6) is -2.42. The fourth-order valence-corrected chi connectivity index (χ4v) is 6.53. The molecule has 1 heterocycles. The first kappa shape index (κ1) is 23.9. The van der Waals surface area contributed by atoms with E-state index in [9.17, 15) is 26.8 Å². The molecule has 0 radical (unpaired) electrons. The number of fused-ring (bicyclic) bond motifs is 2. The molecule has 2 aromatic carbocycles. The number of hydrogen-bond donors (Lipinski definition) is 2. The van der Waals surface area contributed by atoms with Gasteiger partial charge in [0.1, 0.15) is 22.3 Å². The molecule has 35 heavy (non-hydrogen) atoms. The number of carbonyl (C=O) groups excluding carboxylic acids is 2. The van der Waals surface area contributed by atoms with Gasteiger partial charge in [0.15, 0.2) is 0 Å². The average Bonchev–Trinajstić information content (AvgIpc) is 3.06. The van der Waals surface area contributed by atoms with Crippen molar-refractivity contribution in [3.05, 3.63) is 58.7 Å². The van der Waals surface area contributed by atoms with Gasteiger partial charge in [0.05, 0.1) is 5.41 Å². The number of likely N-dealkylation sites (tertiary alicyclic amines) is 1. The molecule has 1 saturated carbocycles. The van der Waals surface area contributed by atoms with Crippen LogP contribution in [0.5, 0.6) is 0 Å². The van der Waals surface area contributed by atoms with Crippen LogP contribution in [0.25, 0.3) is 0 Å². The van der Waals surface area contributed by atoms with E-state index in [2.05, 4.69) is 14.9 Å². The van der Waals surface area contributed by atoms with Crippen LogP contribution in [-0.4, -0.2) is 51.2 Å². The largest absolute Gasteiger partial charge is 0.349 e. The molecular formula is C25H27F2N3O4S. The maximum atomic E-state index is 14.2. The molecule has 5 rings (SSSR count). The molecule has 3 aliphatic rings. The van der Waals surface area contributed by atoms with Gasteiger partial charge >= 0.3 is 0 Å². The molecule has 2 N–H and O–H groups in total. The number of halogens is 2.